The molecule has 0 amide bonds. The molecule has 1 N–H and O–H groups in total. The van der Waals surface area contributed by atoms with Crippen LogP contribution in [0.4, 0.5) is 0 Å². The number of aliphatic hydroxyl groups excluding tert-OH is 1. The van der Waals surface area contributed by atoms with Crippen LogP contribution < -0.4 is 4.74 Å². The minimum Gasteiger partial charge on any atom is -0.456 e. The number of ether oxygens (including phenoxy) is 1. The topological polar surface area (TPSA) is 29.5 Å². The van der Waals surface area contributed by atoms with E-state index in [1.807, 2.05) is 55.6 Å². The van der Waals surface area contributed by atoms with Gasteiger partial charge in [-0.25, -0.2) is 0 Å². The third-order valence-corrected chi connectivity index (χ3v) is 3.45. The summed E-state index contributed by atoms with van der Waals surface area (Å²) in [5, 5.41) is 9.36. The molecule has 0 aliphatic carbocycles. The van der Waals surface area contributed by atoms with E-state index in [2.05, 4.69) is 0 Å². The maximum atomic E-state index is 9.36. The summed E-state index contributed by atoms with van der Waals surface area (Å²) in [5.41, 5.74) is 1.93. The van der Waals surface area contributed by atoms with Gasteiger partial charge in [0.2, 0.25) is 0 Å². The summed E-state index contributed by atoms with van der Waals surface area (Å²) in [6.07, 6.45) is 2.02. The first-order chi connectivity index (χ1) is 8.74. The van der Waals surface area contributed by atoms with Crippen LogP contribution in [0.25, 0.3) is 0 Å². The van der Waals surface area contributed by atoms with Gasteiger partial charge in [0.1, 0.15) is 11.5 Å². The molecule has 2 aromatic carbocycles. The molecule has 2 nitrogen and oxygen atoms in total. The van der Waals surface area contributed by atoms with E-state index in [1.54, 1.807) is 11.8 Å². The molecule has 0 fully saturated rings. The lowest BCUT2D eigenvalue weighted by atomic mass is 10.1. The van der Waals surface area contributed by atoms with Gasteiger partial charge in [0.15, 0.2) is 0 Å². The van der Waals surface area contributed by atoms with Gasteiger partial charge < -0.3 is 9.84 Å². The van der Waals surface area contributed by atoms with E-state index in [4.69, 9.17) is 4.74 Å². The van der Waals surface area contributed by atoms with Crippen molar-refractivity contribution in [3.63, 3.8) is 0 Å². The lowest BCUT2D eigenvalue weighted by Gasteiger charge is -2.12. The van der Waals surface area contributed by atoms with Crippen LogP contribution in [0.2, 0.25) is 0 Å². The maximum Gasteiger partial charge on any atom is 0.140 e. The second-order valence-corrected chi connectivity index (χ2v) is 4.87. The Hall–Kier alpha value is -1.45. The van der Waals surface area contributed by atoms with Crippen LogP contribution in [0, 0.1) is 6.92 Å². The Balaban J connectivity index is 2.33. The van der Waals surface area contributed by atoms with E-state index >= 15 is 0 Å². The first-order valence-electron chi connectivity index (χ1n) is 5.76. The Morgan fingerprint density at radius 2 is 1.89 bits per heavy atom. The third kappa shape index (κ3) is 2.86. The van der Waals surface area contributed by atoms with Crippen molar-refractivity contribution in [1.82, 2.24) is 0 Å². The van der Waals surface area contributed by atoms with Crippen molar-refractivity contribution in [3.8, 4) is 11.5 Å². The highest BCUT2D eigenvalue weighted by molar-refractivity contribution is 7.98. The van der Waals surface area contributed by atoms with Gasteiger partial charge in [-0.05, 0) is 31.4 Å². The van der Waals surface area contributed by atoms with Crippen molar-refractivity contribution >= 4 is 11.8 Å². The van der Waals surface area contributed by atoms with Gasteiger partial charge in [-0.3, -0.25) is 0 Å². The smallest absolute Gasteiger partial charge is 0.140 e. The average molecular weight is 260 g/mol. The average Bonchev–Trinajstić information content (AvgIpc) is 2.41. The summed E-state index contributed by atoms with van der Waals surface area (Å²) in [4.78, 5) is 1.09. The maximum absolute atomic E-state index is 9.36. The zero-order valence-corrected chi connectivity index (χ0v) is 11.3. The molecule has 0 heterocycles. The number of aliphatic hydroxyl groups is 1. The van der Waals surface area contributed by atoms with Crippen molar-refractivity contribution in [2.24, 2.45) is 0 Å². The molecule has 2 rings (SSSR count). The normalized spacial score (nSPS) is 10.4. The number of thioether (sulfide) groups is 1. The lowest BCUT2D eigenvalue weighted by Crippen LogP contribution is -1.93. The van der Waals surface area contributed by atoms with Crippen LogP contribution in [-0.2, 0) is 6.61 Å². The lowest BCUT2D eigenvalue weighted by molar-refractivity contribution is 0.276. The van der Waals surface area contributed by atoms with Crippen LogP contribution >= 0.6 is 11.8 Å². The monoisotopic (exact) mass is 260 g/mol. The first kappa shape index (κ1) is 13.0. The Labute approximate surface area is 112 Å². The third-order valence-electron chi connectivity index (χ3n) is 2.68. The Kier molecular flexibility index (Phi) is 4.28. The van der Waals surface area contributed by atoms with Crippen LogP contribution in [0.3, 0.4) is 0 Å². The molecule has 0 unspecified atom stereocenters. The summed E-state index contributed by atoms with van der Waals surface area (Å²) in [6, 6.07) is 13.7. The van der Waals surface area contributed by atoms with E-state index in [-0.39, 0.29) is 6.61 Å². The molecule has 0 saturated heterocycles. The molecule has 3 heteroatoms. The fourth-order valence-electron chi connectivity index (χ4n) is 1.75. The number of hydrogen-bond acceptors (Lipinski definition) is 3. The Morgan fingerprint density at radius 1 is 1.11 bits per heavy atom. The van der Waals surface area contributed by atoms with Crippen LogP contribution in [0.1, 0.15) is 11.1 Å². The predicted octanol–water partition coefficient (Wildman–Crippen LogP) is 4.00. The fourth-order valence-corrected chi connectivity index (χ4v) is 2.28. The molecule has 0 aliphatic rings. The van der Waals surface area contributed by atoms with E-state index in [0.29, 0.717) is 5.75 Å². The quantitative estimate of drug-likeness (QED) is 0.842. The summed E-state index contributed by atoms with van der Waals surface area (Å²) in [7, 11) is 0. The fraction of sp³-hybridized carbons (Fsp3) is 0.200. The van der Waals surface area contributed by atoms with Gasteiger partial charge in [-0.15, -0.1) is 11.8 Å². The first-order valence-corrected chi connectivity index (χ1v) is 6.98. The van der Waals surface area contributed by atoms with Gasteiger partial charge in [0.25, 0.3) is 0 Å². The zero-order chi connectivity index (χ0) is 13.0. The number of benzene rings is 2. The van der Waals surface area contributed by atoms with E-state index < -0.39 is 0 Å². The molecule has 2 aromatic rings. The molecule has 0 spiro atoms. The molecule has 0 bridgehead atoms. The van der Waals surface area contributed by atoms with Gasteiger partial charge >= 0.3 is 0 Å². The molecular formula is C15H16O2S. The molecular weight excluding hydrogens is 244 g/mol. The van der Waals surface area contributed by atoms with Gasteiger partial charge in [-0.1, -0.05) is 29.8 Å². The zero-order valence-electron chi connectivity index (χ0n) is 10.5. The summed E-state index contributed by atoms with van der Waals surface area (Å²) < 4.78 is 5.90. The number of para-hydroxylation sites is 1. The van der Waals surface area contributed by atoms with Crippen molar-refractivity contribution in [1.29, 1.82) is 0 Å². The van der Waals surface area contributed by atoms with Gasteiger partial charge in [-0.2, -0.15) is 0 Å². The molecule has 0 atom stereocenters. The Morgan fingerprint density at radius 3 is 2.61 bits per heavy atom. The molecule has 0 radical (unpaired) electrons. The number of aryl methyl sites for hydroxylation is 1. The number of rotatable bonds is 4. The second kappa shape index (κ2) is 5.94. The van der Waals surface area contributed by atoms with E-state index in [9.17, 15) is 5.11 Å². The van der Waals surface area contributed by atoms with E-state index in [0.717, 1.165) is 21.8 Å². The van der Waals surface area contributed by atoms with Gasteiger partial charge in [0, 0.05) is 10.5 Å². The molecule has 0 aromatic heterocycles. The van der Waals surface area contributed by atoms with Crippen LogP contribution in [0.5, 0.6) is 11.5 Å². The highest BCUT2D eigenvalue weighted by atomic mass is 32.2. The minimum atomic E-state index is -0.0154. The molecule has 0 saturated carbocycles. The highest BCUT2D eigenvalue weighted by Crippen LogP contribution is 2.33. The minimum absolute atomic E-state index is 0.0154. The van der Waals surface area contributed by atoms with Crippen molar-refractivity contribution in [3.05, 3.63) is 53.6 Å². The summed E-state index contributed by atoms with van der Waals surface area (Å²) in [6.45, 7) is 1.98. The Bertz CT molecular complexity index is 538. The second-order valence-electron chi connectivity index (χ2n) is 4.02. The largest absolute Gasteiger partial charge is 0.456 e. The molecule has 94 valence electrons. The van der Waals surface area contributed by atoms with Crippen LogP contribution in [-0.4, -0.2) is 11.4 Å². The van der Waals surface area contributed by atoms with E-state index in [1.165, 1.54) is 0 Å². The molecule has 0 aliphatic heterocycles. The van der Waals surface area contributed by atoms with Crippen molar-refractivity contribution < 1.29 is 9.84 Å². The predicted molar refractivity (Wildman–Crippen MR) is 75.4 cm³/mol. The molecule has 18 heavy (non-hydrogen) atoms. The highest BCUT2D eigenvalue weighted by Gasteiger charge is 2.07. The van der Waals surface area contributed by atoms with Crippen molar-refractivity contribution in [2.75, 3.05) is 6.26 Å². The summed E-state index contributed by atoms with van der Waals surface area (Å²) in [5.74, 6) is 1.54. The van der Waals surface area contributed by atoms with Gasteiger partial charge in [0.05, 0.1) is 6.61 Å². The SMILES string of the molecule is CSc1ccccc1Oc1ccc(C)cc1CO. The standard InChI is InChI=1S/C15H16O2S/c1-11-7-8-13(12(9-11)10-16)17-14-5-3-4-6-15(14)18-2/h3-9,16H,10H2,1-2H3. The van der Waals surface area contributed by atoms with Crippen molar-refractivity contribution in [2.45, 2.75) is 18.4 Å². The van der Waals surface area contributed by atoms with Crippen LogP contribution in [0.15, 0.2) is 47.4 Å². The number of hydrogen-bond donors (Lipinski definition) is 1. The summed E-state index contributed by atoms with van der Waals surface area (Å²) >= 11 is 1.64.